The van der Waals surface area contributed by atoms with Gasteiger partial charge in [0.2, 0.25) is 0 Å². The van der Waals surface area contributed by atoms with Crippen molar-refractivity contribution < 1.29 is 17.9 Å². The number of ether oxygens (including phenoxy) is 1. The maximum atomic E-state index is 11.4. The zero-order valence-corrected chi connectivity index (χ0v) is 12.8. The summed E-state index contributed by atoms with van der Waals surface area (Å²) < 4.78 is 27.7. The molecule has 0 spiro atoms. The highest BCUT2D eigenvalue weighted by molar-refractivity contribution is 7.91. The van der Waals surface area contributed by atoms with Gasteiger partial charge in [0.1, 0.15) is 5.60 Å². The number of hydrogen-bond donors (Lipinski definition) is 2. The van der Waals surface area contributed by atoms with E-state index in [-0.39, 0.29) is 23.6 Å². The molecule has 0 saturated carbocycles. The fourth-order valence-electron chi connectivity index (χ4n) is 1.94. The molecule has 1 aliphatic rings. The molecule has 7 heteroatoms. The van der Waals surface area contributed by atoms with E-state index >= 15 is 0 Å². The molecule has 0 aromatic rings. The van der Waals surface area contributed by atoms with Gasteiger partial charge in [-0.3, -0.25) is 0 Å². The topological polar surface area (TPSA) is 84.5 Å². The van der Waals surface area contributed by atoms with Gasteiger partial charge in [-0.2, -0.15) is 0 Å². The van der Waals surface area contributed by atoms with Gasteiger partial charge in [-0.05, 0) is 34.1 Å². The van der Waals surface area contributed by atoms with Gasteiger partial charge in [-0.15, -0.1) is 0 Å². The predicted octanol–water partition coefficient (Wildman–Crippen LogP) is 0.676. The number of amides is 1. The Hall–Kier alpha value is -0.820. The molecule has 2 unspecified atom stereocenters. The van der Waals surface area contributed by atoms with Crippen molar-refractivity contribution in [1.82, 2.24) is 10.6 Å². The minimum atomic E-state index is -2.87. The molecule has 0 aromatic carbocycles. The molecule has 19 heavy (non-hydrogen) atoms. The molecule has 0 aromatic heterocycles. The fraction of sp³-hybridized carbons (Fsp3) is 0.917. The highest BCUT2D eigenvalue weighted by Gasteiger charge is 2.28. The molecule has 0 aliphatic carbocycles. The molecule has 0 radical (unpaired) electrons. The van der Waals surface area contributed by atoms with Crippen molar-refractivity contribution in [2.75, 3.05) is 18.1 Å². The van der Waals surface area contributed by atoms with E-state index in [4.69, 9.17) is 4.74 Å². The van der Waals surface area contributed by atoms with Crippen molar-refractivity contribution >= 4 is 15.9 Å². The number of carbonyl (C=O) groups is 1. The molecule has 1 heterocycles. The Morgan fingerprint density at radius 3 is 2.53 bits per heavy atom. The van der Waals surface area contributed by atoms with Gasteiger partial charge in [0.15, 0.2) is 9.84 Å². The summed E-state index contributed by atoms with van der Waals surface area (Å²) in [4.78, 5) is 11.4. The summed E-state index contributed by atoms with van der Waals surface area (Å²) in [6.45, 7) is 7.72. The van der Waals surface area contributed by atoms with E-state index in [2.05, 4.69) is 10.6 Å². The Kier molecular flexibility index (Phi) is 5.20. The summed E-state index contributed by atoms with van der Waals surface area (Å²) in [5, 5.41) is 5.86. The molecule has 1 saturated heterocycles. The quantitative estimate of drug-likeness (QED) is 0.796. The Labute approximate surface area is 115 Å². The summed E-state index contributed by atoms with van der Waals surface area (Å²) in [7, 11) is -2.87. The molecule has 1 rings (SSSR count). The van der Waals surface area contributed by atoms with Crippen LogP contribution in [0.2, 0.25) is 0 Å². The van der Waals surface area contributed by atoms with E-state index in [0.29, 0.717) is 13.0 Å². The van der Waals surface area contributed by atoms with E-state index in [1.54, 1.807) is 20.8 Å². The van der Waals surface area contributed by atoms with E-state index in [0.717, 1.165) is 0 Å². The van der Waals surface area contributed by atoms with Gasteiger partial charge in [0, 0.05) is 18.6 Å². The second-order valence-electron chi connectivity index (χ2n) is 6.05. The van der Waals surface area contributed by atoms with Gasteiger partial charge in [-0.25, -0.2) is 13.2 Å². The molecular formula is C12H24N2O4S. The van der Waals surface area contributed by atoms with E-state index < -0.39 is 21.5 Å². The molecule has 0 bridgehead atoms. The van der Waals surface area contributed by atoms with Crippen molar-refractivity contribution in [3.8, 4) is 0 Å². The van der Waals surface area contributed by atoms with Crippen LogP contribution >= 0.6 is 0 Å². The number of rotatable bonds is 4. The van der Waals surface area contributed by atoms with Gasteiger partial charge < -0.3 is 15.4 Å². The Morgan fingerprint density at radius 2 is 2.05 bits per heavy atom. The first kappa shape index (κ1) is 16.2. The lowest BCUT2D eigenvalue weighted by atomic mass is 10.2. The number of nitrogens with one attached hydrogen (secondary N) is 2. The van der Waals surface area contributed by atoms with Gasteiger partial charge in [-0.1, -0.05) is 0 Å². The Balaban J connectivity index is 2.25. The number of alkyl carbamates (subject to hydrolysis) is 1. The van der Waals surface area contributed by atoms with Crippen LogP contribution in [0.15, 0.2) is 0 Å². The largest absolute Gasteiger partial charge is 0.444 e. The fourth-order valence-corrected chi connectivity index (χ4v) is 3.62. The first-order valence-corrected chi connectivity index (χ1v) is 8.33. The molecule has 6 nitrogen and oxygen atoms in total. The smallest absolute Gasteiger partial charge is 0.407 e. The summed E-state index contributed by atoms with van der Waals surface area (Å²) >= 11 is 0. The van der Waals surface area contributed by atoms with Crippen molar-refractivity contribution in [1.29, 1.82) is 0 Å². The predicted molar refractivity (Wildman–Crippen MR) is 73.9 cm³/mol. The third-order valence-corrected chi connectivity index (χ3v) is 4.47. The Morgan fingerprint density at radius 1 is 1.42 bits per heavy atom. The lowest BCUT2D eigenvalue weighted by Gasteiger charge is -2.22. The second kappa shape index (κ2) is 6.09. The third kappa shape index (κ3) is 6.77. The highest BCUT2D eigenvalue weighted by atomic mass is 32.2. The average Bonchev–Trinajstić information content (AvgIpc) is 2.52. The summed E-state index contributed by atoms with van der Waals surface area (Å²) in [6, 6.07) is -0.00810. The van der Waals surface area contributed by atoms with Crippen LogP contribution < -0.4 is 10.6 Å². The first-order valence-electron chi connectivity index (χ1n) is 6.51. The van der Waals surface area contributed by atoms with Gasteiger partial charge in [0.05, 0.1) is 11.5 Å². The van der Waals surface area contributed by atoms with Crippen molar-refractivity contribution in [3.05, 3.63) is 0 Å². The van der Waals surface area contributed by atoms with Crippen molar-refractivity contribution in [2.24, 2.45) is 0 Å². The van der Waals surface area contributed by atoms with Crippen LogP contribution in [-0.4, -0.2) is 50.2 Å². The maximum absolute atomic E-state index is 11.4. The summed E-state index contributed by atoms with van der Waals surface area (Å²) in [5.74, 6) is 0.431. The summed E-state index contributed by atoms with van der Waals surface area (Å²) in [6.07, 6.45) is 0.180. The Bertz CT molecular complexity index is 414. The molecule has 1 aliphatic heterocycles. The van der Waals surface area contributed by atoms with E-state index in [1.165, 1.54) is 0 Å². The van der Waals surface area contributed by atoms with Crippen LogP contribution in [0.1, 0.15) is 34.1 Å². The molecule has 2 N–H and O–H groups in total. The second-order valence-corrected chi connectivity index (χ2v) is 8.28. The average molecular weight is 292 g/mol. The van der Waals surface area contributed by atoms with Gasteiger partial charge in [0.25, 0.3) is 0 Å². The molecule has 2 atom stereocenters. The number of sulfone groups is 1. The zero-order chi connectivity index (χ0) is 14.7. The molecule has 1 amide bonds. The lowest BCUT2D eigenvalue weighted by Crippen LogP contribution is -2.45. The van der Waals surface area contributed by atoms with Crippen LogP contribution in [0.5, 0.6) is 0 Å². The zero-order valence-electron chi connectivity index (χ0n) is 12.0. The van der Waals surface area contributed by atoms with Crippen LogP contribution in [0.3, 0.4) is 0 Å². The third-order valence-electron chi connectivity index (χ3n) is 2.70. The normalized spacial score (nSPS) is 23.9. The highest BCUT2D eigenvalue weighted by Crippen LogP contribution is 2.11. The van der Waals surface area contributed by atoms with Crippen molar-refractivity contribution in [3.63, 3.8) is 0 Å². The van der Waals surface area contributed by atoms with Crippen LogP contribution in [0, 0.1) is 0 Å². The van der Waals surface area contributed by atoms with Crippen LogP contribution in [-0.2, 0) is 14.6 Å². The van der Waals surface area contributed by atoms with Crippen molar-refractivity contribution in [2.45, 2.75) is 51.8 Å². The van der Waals surface area contributed by atoms with Crippen LogP contribution in [0.4, 0.5) is 4.79 Å². The minimum absolute atomic E-state index is 0.00539. The molecular weight excluding hydrogens is 268 g/mol. The monoisotopic (exact) mass is 292 g/mol. The van der Waals surface area contributed by atoms with E-state index in [9.17, 15) is 13.2 Å². The van der Waals surface area contributed by atoms with Crippen LogP contribution in [0.25, 0.3) is 0 Å². The lowest BCUT2D eigenvalue weighted by molar-refractivity contribution is 0.0522. The SMILES string of the molecule is CC(CNC(=O)OC(C)(C)C)NC1CCS(=O)(=O)C1. The molecule has 1 fully saturated rings. The number of carbonyl (C=O) groups excluding carboxylic acids is 1. The number of hydrogen-bond acceptors (Lipinski definition) is 5. The summed E-state index contributed by atoms with van der Waals surface area (Å²) in [5.41, 5.74) is -0.514. The van der Waals surface area contributed by atoms with E-state index in [1.807, 2.05) is 6.92 Å². The first-order chi connectivity index (χ1) is 8.57. The van der Waals surface area contributed by atoms with Gasteiger partial charge >= 0.3 is 6.09 Å². The standard InChI is InChI=1S/C12H24N2O4S/c1-9(7-13-11(15)18-12(2,3)4)14-10-5-6-19(16,17)8-10/h9-10,14H,5-8H2,1-4H3,(H,13,15). The molecule has 112 valence electrons. The minimum Gasteiger partial charge on any atom is -0.444 e. The maximum Gasteiger partial charge on any atom is 0.407 e.